The zero-order valence-electron chi connectivity index (χ0n) is 9.39. The fourth-order valence-electron chi connectivity index (χ4n) is 1.59. The van der Waals surface area contributed by atoms with Crippen molar-refractivity contribution in [2.75, 3.05) is 13.2 Å². The molecule has 0 aromatic rings. The molecule has 0 aliphatic heterocycles. The smallest absolute Gasteiger partial charge is 0.0628 e. The zero-order valence-corrected chi connectivity index (χ0v) is 9.39. The molecule has 0 bridgehead atoms. The first-order chi connectivity index (χ1) is 6.08. The molecule has 1 fully saturated rings. The van der Waals surface area contributed by atoms with Crippen LogP contribution >= 0.6 is 0 Å². The number of nitrogens with one attached hydrogen (secondary N) is 1. The van der Waals surface area contributed by atoms with E-state index in [4.69, 9.17) is 4.74 Å². The van der Waals surface area contributed by atoms with E-state index in [0.717, 1.165) is 13.2 Å². The predicted octanol–water partition coefficient (Wildman–Crippen LogP) is 2.19. The third-order valence-electron chi connectivity index (χ3n) is 2.93. The molecule has 0 heterocycles. The molecule has 13 heavy (non-hydrogen) atoms. The van der Waals surface area contributed by atoms with E-state index in [1.165, 1.54) is 12.8 Å². The average Bonchev–Trinajstić information content (AvgIpc) is 2.78. The van der Waals surface area contributed by atoms with Crippen molar-refractivity contribution in [2.45, 2.75) is 52.7 Å². The van der Waals surface area contributed by atoms with Crippen molar-refractivity contribution < 1.29 is 4.74 Å². The van der Waals surface area contributed by atoms with Crippen molar-refractivity contribution in [1.82, 2.24) is 5.32 Å². The molecule has 1 saturated carbocycles. The fourth-order valence-corrected chi connectivity index (χ4v) is 1.59. The minimum Gasteiger partial charge on any atom is -0.377 e. The largest absolute Gasteiger partial charge is 0.377 e. The molecular formula is C11H23NO. The van der Waals surface area contributed by atoms with Gasteiger partial charge in [0.1, 0.15) is 0 Å². The average molecular weight is 185 g/mol. The molecule has 1 aliphatic rings. The van der Waals surface area contributed by atoms with E-state index >= 15 is 0 Å². The third kappa shape index (κ3) is 3.28. The van der Waals surface area contributed by atoms with Gasteiger partial charge in [-0.25, -0.2) is 0 Å². The fraction of sp³-hybridized carbons (Fsp3) is 1.00. The highest BCUT2D eigenvalue weighted by Crippen LogP contribution is 2.48. The number of hydrogen-bond donors (Lipinski definition) is 1. The standard InChI is InChI=1S/C11H23NO/c1-5-12-10(8-13-9(2)3)11(4)6-7-11/h9-10,12H,5-8H2,1-4H3. The van der Waals surface area contributed by atoms with Gasteiger partial charge in [0.05, 0.1) is 12.7 Å². The first-order valence-electron chi connectivity index (χ1n) is 5.43. The van der Waals surface area contributed by atoms with Crippen LogP contribution in [0.3, 0.4) is 0 Å². The minimum absolute atomic E-state index is 0.350. The number of rotatable bonds is 6. The SMILES string of the molecule is CCNC(COC(C)C)C1(C)CC1. The summed E-state index contributed by atoms with van der Waals surface area (Å²) in [5, 5.41) is 3.52. The van der Waals surface area contributed by atoms with Crippen molar-refractivity contribution in [2.24, 2.45) is 5.41 Å². The monoisotopic (exact) mass is 185 g/mol. The Balaban J connectivity index is 2.30. The van der Waals surface area contributed by atoms with Gasteiger partial charge in [0, 0.05) is 6.04 Å². The van der Waals surface area contributed by atoms with Gasteiger partial charge in [0.2, 0.25) is 0 Å². The lowest BCUT2D eigenvalue weighted by Crippen LogP contribution is -2.40. The molecule has 0 saturated heterocycles. The lowest BCUT2D eigenvalue weighted by Gasteiger charge is -2.25. The number of likely N-dealkylation sites (N-methyl/N-ethyl adjacent to an activating group) is 1. The normalized spacial score (nSPS) is 21.9. The van der Waals surface area contributed by atoms with E-state index < -0.39 is 0 Å². The molecule has 1 aliphatic carbocycles. The molecule has 2 nitrogen and oxygen atoms in total. The van der Waals surface area contributed by atoms with Gasteiger partial charge in [-0.2, -0.15) is 0 Å². The molecule has 1 atom stereocenters. The molecule has 0 radical (unpaired) electrons. The van der Waals surface area contributed by atoms with Crippen LogP contribution in [0.15, 0.2) is 0 Å². The molecular weight excluding hydrogens is 162 g/mol. The summed E-state index contributed by atoms with van der Waals surface area (Å²) in [5.74, 6) is 0. The second-order valence-electron chi connectivity index (χ2n) is 4.65. The summed E-state index contributed by atoms with van der Waals surface area (Å²) in [5.41, 5.74) is 0.519. The van der Waals surface area contributed by atoms with Crippen LogP contribution in [0.4, 0.5) is 0 Å². The summed E-state index contributed by atoms with van der Waals surface area (Å²) in [4.78, 5) is 0. The van der Waals surface area contributed by atoms with Gasteiger partial charge in [-0.3, -0.25) is 0 Å². The van der Waals surface area contributed by atoms with E-state index in [9.17, 15) is 0 Å². The van der Waals surface area contributed by atoms with Crippen molar-refractivity contribution in [3.8, 4) is 0 Å². The molecule has 0 spiro atoms. The van der Waals surface area contributed by atoms with E-state index in [2.05, 4.69) is 33.0 Å². The molecule has 78 valence electrons. The van der Waals surface area contributed by atoms with Gasteiger partial charge in [0.25, 0.3) is 0 Å². The Bertz CT molecular complexity index is 152. The highest BCUT2D eigenvalue weighted by Gasteiger charge is 2.44. The van der Waals surface area contributed by atoms with Crippen LogP contribution in [0.1, 0.15) is 40.5 Å². The summed E-state index contributed by atoms with van der Waals surface area (Å²) >= 11 is 0. The first-order valence-corrected chi connectivity index (χ1v) is 5.43. The number of hydrogen-bond acceptors (Lipinski definition) is 2. The second kappa shape index (κ2) is 4.43. The maximum absolute atomic E-state index is 5.66. The summed E-state index contributed by atoms with van der Waals surface area (Å²) in [6, 6.07) is 0.555. The lowest BCUT2D eigenvalue weighted by atomic mass is 10.00. The van der Waals surface area contributed by atoms with Crippen molar-refractivity contribution in [3.63, 3.8) is 0 Å². The lowest BCUT2D eigenvalue weighted by molar-refractivity contribution is 0.0471. The van der Waals surface area contributed by atoms with Gasteiger partial charge in [0.15, 0.2) is 0 Å². The molecule has 1 unspecified atom stereocenters. The Morgan fingerprint density at radius 2 is 2.00 bits per heavy atom. The van der Waals surface area contributed by atoms with Crippen LogP contribution in [0.2, 0.25) is 0 Å². The topological polar surface area (TPSA) is 21.3 Å². The summed E-state index contributed by atoms with van der Waals surface area (Å²) in [6.07, 6.45) is 3.06. The van der Waals surface area contributed by atoms with Crippen LogP contribution in [-0.2, 0) is 4.74 Å². The maximum atomic E-state index is 5.66. The van der Waals surface area contributed by atoms with Crippen molar-refractivity contribution >= 4 is 0 Å². The van der Waals surface area contributed by atoms with E-state index in [0.29, 0.717) is 17.6 Å². The minimum atomic E-state index is 0.350. The van der Waals surface area contributed by atoms with Gasteiger partial charge in [-0.05, 0) is 38.6 Å². The maximum Gasteiger partial charge on any atom is 0.0628 e. The van der Waals surface area contributed by atoms with Crippen molar-refractivity contribution in [1.29, 1.82) is 0 Å². The van der Waals surface area contributed by atoms with Crippen LogP contribution < -0.4 is 5.32 Å². The third-order valence-corrected chi connectivity index (χ3v) is 2.93. The highest BCUT2D eigenvalue weighted by molar-refractivity contribution is 4.98. The van der Waals surface area contributed by atoms with E-state index in [1.807, 2.05) is 0 Å². The Morgan fingerprint density at radius 1 is 1.38 bits per heavy atom. The van der Waals surface area contributed by atoms with Crippen LogP contribution in [0.25, 0.3) is 0 Å². The second-order valence-corrected chi connectivity index (χ2v) is 4.65. The van der Waals surface area contributed by atoms with Crippen LogP contribution in [0.5, 0.6) is 0 Å². The van der Waals surface area contributed by atoms with Crippen LogP contribution in [-0.4, -0.2) is 25.3 Å². The molecule has 1 rings (SSSR count). The van der Waals surface area contributed by atoms with E-state index in [-0.39, 0.29) is 0 Å². The van der Waals surface area contributed by atoms with Crippen LogP contribution in [0, 0.1) is 5.41 Å². The predicted molar refractivity (Wildman–Crippen MR) is 55.9 cm³/mol. The Labute approximate surface area is 82.0 Å². The highest BCUT2D eigenvalue weighted by atomic mass is 16.5. The summed E-state index contributed by atoms with van der Waals surface area (Å²) < 4.78 is 5.66. The molecule has 2 heteroatoms. The molecule has 1 N–H and O–H groups in total. The Kier molecular flexibility index (Phi) is 3.74. The molecule has 0 amide bonds. The molecule has 0 aromatic heterocycles. The van der Waals surface area contributed by atoms with Gasteiger partial charge in [-0.1, -0.05) is 13.8 Å². The molecule has 0 aromatic carbocycles. The van der Waals surface area contributed by atoms with Gasteiger partial charge < -0.3 is 10.1 Å². The van der Waals surface area contributed by atoms with Gasteiger partial charge >= 0.3 is 0 Å². The quantitative estimate of drug-likeness (QED) is 0.685. The van der Waals surface area contributed by atoms with Crippen molar-refractivity contribution in [3.05, 3.63) is 0 Å². The number of ether oxygens (including phenoxy) is 1. The summed E-state index contributed by atoms with van der Waals surface area (Å²) in [7, 11) is 0. The Hall–Kier alpha value is -0.0800. The van der Waals surface area contributed by atoms with Gasteiger partial charge in [-0.15, -0.1) is 0 Å². The first kappa shape index (κ1) is 11.0. The Morgan fingerprint density at radius 3 is 2.38 bits per heavy atom. The zero-order chi connectivity index (χ0) is 9.90. The van der Waals surface area contributed by atoms with E-state index in [1.54, 1.807) is 0 Å². The summed E-state index contributed by atoms with van der Waals surface area (Å²) in [6.45, 7) is 10.6.